The zero-order valence-corrected chi connectivity index (χ0v) is 8.95. The summed E-state index contributed by atoms with van der Waals surface area (Å²) in [4.78, 5) is 0. The van der Waals surface area contributed by atoms with Crippen LogP contribution in [0.3, 0.4) is 0 Å². The van der Waals surface area contributed by atoms with Crippen molar-refractivity contribution in [1.82, 2.24) is 0 Å². The lowest BCUT2D eigenvalue weighted by molar-refractivity contribution is -0.0938. The zero-order valence-electron chi connectivity index (χ0n) is 8.95. The molecule has 1 aliphatic rings. The summed E-state index contributed by atoms with van der Waals surface area (Å²) >= 11 is 0. The van der Waals surface area contributed by atoms with Crippen molar-refractivity contribution in [3.8, 4) is 0 Å². The van der Waals surface area contributed by atoms with E-state index in [-0.39, 0.29) is 6.29 Å². The standard InChI is InChI=1S/C9H21N3O2/c1-8(11)9(2,12)14-7(13-8)5-3-4-6-10/h7H,3-6,10-12H2,1-2H3. The Morgan fingerprint density at radius 3 is 2.00 bits per heavy atom. The van der Waals surface area contributed by atoms with Crippen molar-refractivity contribution >= 4 is 0 Å². The highest BCUT2D eigenvalue weighted by molar-refractivity contribution is 4.91. The number of rotatable bonds is 4. The highest BCUT2D eigenvalue weighted by Crippen LogP contribution is 2.32. The van der Waals surface area contributed by atoms with E-state index in [2.05, 4.69) is 0 Å². The van der Waals surface area contributed by atoms with Crippen molar-refractivity contribution in [1.29, 1.82) is 0 Å². The fourth-order valence-electron chi connectivity index (χ4n) is 1.38. The first-order valence-electron chi connectivity index (χ1n) is 5.02. The van der Waals surface area contributed by atoms with Crippen molar-refractivity contribution in [2.75, 3.05) is 6.54 Å². The monoisotopic (exact) mass is 203 g/mol. The van der Waals surface area contributed by atoms with Crippen LogP contribution < -0.4 is 17.2 Å². The second kappa shape index (κ2) is 4.12. The Morgan fingerprint density at radius 2 is 1.57 bits per heavy atom. The quantitative estimate of drug-likeness (QED) is 0.552. The van der Waals surface area contributed by atoms with E-state index in [0.29, 0.717) is 6.54 Å². The molecule has 0 aromatic heterocycles. The molecular weight excluding hydrogens is 182 g/mol. The Balaban J connectivity index is 2.39. The van der Waals surface area contributed by atoms with Crippen LogP contribution in [0.15, 0.2) is 0 Å². The maximum atomic E-state index is 5.85. The van der Waals surface area contributed by atoms with Crippen LogP contribution in [0.2, 0.25) is 0 Å². The van der Waals surface area contributed by atoms with E-state index in [1.165, 1.54) is 0 Å². The highest BCUT2D eigenvalue weighted by atomic mass is 16.8. The van der Waals surface area contributed by atoms with Crippen LogP contribution in [-0.4, -0.2) is 24.3 Å². The van der Waals surface area contributed by atoms with Gasteiger partial charge in [0.15, 0.2) is 17.7 Å². The minimum atomic E-state index is -0.916. The molecule has 14 heavy (non-hydrogen) atoms. The molecule has 84 valence electrons. The van der Waals surface area contributed by atoms with Gasteiger partial charge in [0.05, 0.1) is 0 Å². The second-order valence-corrected chi connectivity index (χ2v) is 4.16. The van der Waals surface area contributed by atoms with E-state index < -0.39 is 11.4 Å². The minimum absolute atomic E-state index is 0.299. The molecule has 0 saturated carbocycles. The average Bonchev–Trinajstić information content (AvgIpc) is 2.21. The van der Waals surface area contributed by atoms with Crippen LogP contribution in [-0.2, 0) is 9.47 Å². The van der Waals surface area contributed by atoms with Gasteiger partial charge in [0.1, 0.15) is 0 Å². The molecule has 1 rings (SSSR count). The van der Waals surface area contributed by atoms with E-state index in [9.17, 15) is 0 Å². The number of ether oxygens (including phenoxy) is 2. The van der Waals surface area contributed by atoms with Crippen molar-refractivity contribution in [3.05, 3.63) is 0 Å². The lowest BCUT2D eigenvalue weighted by Gasteiger charge is -2.29. The van der Waals surface area contributed by atoms with Crippen molar-refractivity contribution < 1.29 is 9.47 Å². The van der Waals surface area contributed by atoms with Crippen molar-refractivity contribution in [2.45, 2.75) is 50.8 Å². The molecule has 0 radical (unpaired) electrons. The third kappa shape index (κ3) is 2.43. The van der Waals surface area contributed by atoms with Gasteiger partial charge < -0.3 is 26.7 Å². The Hall–Kier alpha value is -0.200. The maximum absolute atomic E-state index is 5.85. The van der Waals surface area contributed by atoms with Crippen LogP contribution in [0, 0.1) is 0 Å². The first-order chi connectivity index (χ1) is 6.39. The molecule has 0 amide bonds. The van der Waals surface area contributed by atoms with Gasteiger partial charge in [-0.15, -0.1) is 0 Å². The topological polar surface area (TPSA) is 96.5 Å². The Morgan fingerprint density at radius 1 is 1.07 bits per heavy atom. The second-order valence-electron chi connectivity index (χ2n) is 4.16. The van der Waals surface area contributed by atoms with Gasteiger partial charge in [-0.3, -0.25) is 0 Å². The van der Waals surface area contributed by atoms with E-state index >= 15 is 0 Å². The first kappa shape index (κ1) is 11.9. The van der Waals surface area contributed by atoms with E-state index in [1.54, 1.807) is 13.8 Å². The average molecular weight is 203 g/mol. The van der Waals surface area contributed by atoms with Gasteiger partial charge in [0, 0.05) is 0 Å². The van der Waals surface area contributed by atoms with Crippen LogP contribution in [0.5, 0.6) is 0 Å². The summed E-state index contributed by atoms with van der Waals surface area (Å²) in [6.07, 6.45) is 2.42. The smallest absolute Gasteiger partial charge is 0.162 e. The maximum Gasteiger partial charge on any atom is 0.162 e. The van der Waals surface area contributed by atoms with Crippen molar-refractivity contribution in [2.24, 2.45) is 17.2 Å². The largest absolute Gasteiger partial charge is 0.330 e. The fraction of sp³-hybridized carbons (Fsp3) is 1.00. The third-order valence-corrected chi connectivity index (χ3v) is 2.63. The van der Waals surface area contributed by atoms with Gasteiger partial charge in [0.25, 0.3) is 0 Å². The lowest BCUT2D eigenvalue weighted by atomic mass is 10.1. The van der Waals surface area contributed by atoms with Gasteiger partial charge in [-0.1, -0.05) is 0 Å². The van der Waals surface area contributed by atoms with E-state index in [4.69, 9.17) is 26.7 Å². The van der Waals surface area contributed by atoms with Gasteiger partial charge in [-0.25, -0.2) is 0 Å². The van der Waals surface area contributed by atoms with Crippen LogP contribution >= 0.6 is 0 Å². The molecule has 0 aromatic carbocycles. The number of hydrogen-bond acceptors (Lipinski definition) is 5. The minimum Gasteiger partial charge on any atom is -0.330 e. The molecule has 2 atom stereocenters. The third-order valence-electron chi connectivity index (χ3n) is 2.63. The molecule has 0 aromatic rings. The molecule has 2 unspecified atom stereocenters. The summed E-state index contributed by atoms with van der Waals surface area (Å²) in [6.45, 7) is 4.15. The molecule has 0 spiro atoms. The van der Waals surface area contributed by atoms with Crippen LogP contribution in [0.25, 0.3) is 0 Å². The van der Waals surface area contributed by atoms with Gasteiger partial charge >= 0.3 is 0 Å². The molecule has 5 heteroatoms. The molecule has 0 bridgehead atoms. The number of hydrogen-bond donors (Lipinski definition) is 3. The summed E-state index contributed by atoms with van der Waals surface area (Å²) in [7, 11) is 0. The molecular formula is C9H21N3O2. The van der Waals surface area contributed by atoms with E-state index in [0.717, 1.165) is 19.3 Å². The first-order valence-corrected chi connectivity index (χ1v) is 5.02. The lowest BCUT2D eigenvalue weighted by Crippen LogP contribution is -2.60. The fourth-order valence-corrected chi connectivity index (χ4v) is 1.38. The molecule has 1 heterocycles. The Kier molecular flexibility index (Phi) is 3.49. The van der Waals surface area contributed by atoms with Crippen molar-refractivity contribution in [3.63, 3.8) is 0 Å². The molecule has 6 N–H and O–H groups in total. The molecule has 1 saturated heterocycles. The SMILES string of the molecule is CC1(N)OC(CCCCN)OC1(C)N. The number of unbranched alkanes of at least 4 members (excludes halogenated alkanes) is 1. The molecule has 1 fully saturated rings. The highest BCUT2D eigenvalue weighted by Gasteiger charge is 2.50. The van der Waals surface area contributed by atoms with Crippen LogP contribution in [0.4, 0.5) is 0 Å². The summed E-state index contributed by atoms with van der Waals surface area (Å²) in [5, 5.41) is 0. The van der Waals surface area contributed by atoms with Gasteiger partial charge in [-0.2, -0.15) is 0 Å². The van der Waals surface area contributed by atoms with E-state index in [1.807, 2.05) is 0 Å². The number of nitrogens with two attached hydrogens (primary N) is 3. The van der Waals surface area contributed by atoms with Gasteiger partial charge in [0.2, 0.25) is 0 Å². The normalized spacial score (nSPS) is 43.1. The molecule has 5 nitrogen and oxygen atoms in total. The zero-order chi connectivity index (χ0) is 10.8. The predicted molar refractivity (Wildman–Crippen MR) is 54.0 cm³/mol. The molecule has 1 aliphatic heterocycles. The summed E-state index contributed by atoms with van der Waals surface area (Å²) < 4.78 is 11.0. The summed E-state index contributed by atoms with van der Waals surface area (Å²) in [6, 6.07) is 0. The summed E-state index contributed by atoms with van der Waals surface area (Å²) in [5.74, 6) is 0. The Labute approximate surface area is 84.9 Å². The Bertz CT molecular complexity index is 178. The summed E-state index contributed by atoms with van der Waals surface area (Å²) in [5.41, 5.74) is 15.3. The molecule has 0 aliphatic carbocycles. The van der Waals surface area contributed by atoms with Crippen LogP contribution in [0.1, 0.15) is 33.1 Å². The van der Waals surface area contributed by atoms with Gasteiger partial charge in [-0.05, 0) is 39.7 Å². The predicted octanol–water partition coefficient (Wildman–Crippen LogP) is -0.162.